The molecule has 8 heteroatoms. The number of benzene rings is 1. The molecule has 2 heterocycles. The molecule has 1 aromatic carbocycles. The number of guanidine groups is 1. The number of nitrogens with zero attached hydrogens (tertiary/aromatic N) is 3. The van der Waals surface area contributed by atoms with E-state index in [-0.39, 0.29) is 5.96 Å². The van der Waals surface area contributed by atoms with Crippen molar-refractivity contribution in [1.82, 2.24) is 20.2 Å². The fourth-order valence-corrected chi connectivity index (χ4v) is 2.85. The van der Waals surface area contributed by atoms with Crippen LogP contribution in [0.1, 0.15) is 12.8 Å². The standard InChI is InChI=1S/C18H22N6O2/c19-17(20)24-8-6-13(7-9-24)10-23-18(25)26-15-11-21-16(22-12-15)14-4-2-1-3-5-14/h1-5,11-13H,6-10H2,(H3,19,20)(H,23,25). The summed E-state index contributed by atoms with van der Waals surface area (Å²) in [6, 6.07) is 9.59. The van der Waals surface area contributed by atoms with Gasteiger partial charge in [-0.1, -0.05) is 30.3 Å². The van der Waals surface area contributed by atoms with Gasteiger partial charge >= 0.3 is 6.09 Å². The number of carbonyl (C=O) groups excluding carboxylic acids is 1. The summed E-state index contributed by atoms with van der Waals surface area (Å²) < 4.78 is 5.22. The highest BCUT2D eigenvalue weighted by Crippen LogP contribution is 2.17. The Labute approximate surface area is 151 Å². The van der Waals surface area contributed by atoms with E-state index in [9.17, 15) is 4.79 Å². The third kappa shape index (κ3) is 4.69. The number of amides is 1. The van der Waals surface area contributed by atoms with Crippen LogP contribution in [0.2, 0.25) is 0 Å². The fourth-order valence-electron chi connectivity index (χ4n) is 2.85. The summed E-state index contributed by atoms with van der Waals surface area (Å²) in [5, 5.41) is 10.2. The van der Waals surface area contributed by atoms with Gasteiger partial charge in [-0.15, -0.1) is 0 Å². The Morgan fingerprint density at radius 1 is 1.23 bits per heavy atom. The third-order valence-corrected chi connectivity index (χ3v) is 4.36. The quantitative estimate of drug-likeness (QED) is 0.570. The molecule has 0 radical (unpaired) electrons. The van der Waals surface area contributed by atoms with Gasteiger partial charge in [0.25, 0.3) is 0 Å². The third-order valence-electron chi connectivity index (χ3n) is 4.36. The highest BCUT2D eigenvalue weighted by atomic mass is 16.6. The van der Waals surface area contributed by atoms with Gasteiger partial charge in [-0.3, -0.25) is 5.41 Å². The normalized spacial score (nSPS) is 14.7. The minimum atomic E-state index is -0.518. The van der Waals surface area contributed by atoms with Crippen molar-refractivity contribution in [2.24, 2.45) is 11.7 Å². The van der Waals surface area contributed by atoms with Gasteiger partial charge in [-0.25, -0.2) is 14.8 Å². The lowest BCUT2D eigenvalue weighted by molar-refractivity contribution is 0.193. The molecule has 2 aromatic rings. The zero-order valence-corrected chi connectivity index (χ0v) is 14.4. The number of nitrogens with one attached hydrogen (secondary N) is 2. The van der Waals surface area contributed by atoms with E-state index in [1.807, 2.05) is 35.2 Å². The Hall–Kier alpha value is -3.16. The molecule has 1 saturated heterocycles. The molecule has 0 aliphatic carbocycles. The highest BCUT2D eigenvalue weighted by Gasteiger charge is 2.20. The van der Waals surface area contributed by atoms with Crippen molar-refractivity contribution in [2.75, 3.05) is 19.6 Å². The Kier molecular flexibility index (Phi) is 5.62. The summed E-state index contributed by atoms with van der Waals surface area (Å²) in [5.74, 6) is 1.34. The molecule has 0 saturated carbocycles. The smallest absolute Gasteiger partial charge is 0.407 e. The number of hydrogen-bond acceptors (Lipinski definition) is 5. The number of piperidine rings is 1. The Morgan fingerprint density at radius 3 is 2.50 bits per heavy atom. The highest BCUT2D eigenvalue weighted by molar-refractivity contribution is 5.74. The number of hydrogen-bond donors (Lipinski definition) is 3. The van der Waals surface area contributed by atoms with Crippen molar-refractivity contribution in [3.8, 4) is 17.1 Å². The molecule has 1 aromatic heterocycles. The monoisotopic (exact) mass is 354 g/mol. The summed E-state index contributed by atoms with van der Waals surface area (Å²) in [6.45, 7) is 2.02. The lowest BCUT2D eigenvalue weighted by Gasteiger charge is -2.32. The summed E-state index contributed by atoms with van der Waals surface area (Å²) in [5.41, 5.74) is 6.38. The van der Waals surface area contributed by atoms with Crippen molar-refractivity contribution < 1.29 is 9.53 Å². The second kappa shape index (κ2) is 8.28. The molecule has 1 fully saturated rings. The second-order valence-electron chi connectivity index (χ2n) is 6.19. The Balaban J connectivity index is 1.44. The molecular weight excluding hydrogens is 332 g/mol. The van der Waals surface area contributed by atoms with Crippen molar-refractivity contribution in [3.63, 3.8) is 0 Å². The maximum atomic E-state index is 11.9. The first kappa shape index (κ1) is 17.7. The minimum Gasteiger partial charge on any atom is -0.407 e. The van der Waals surface area contributed by atoms with Crippen LogP contribution in [0.25, 0.3) is 11.4 Å². The van der Waals surface area contributed by atoms with E-state index in [2.05, 4.69) is 15.3 Å². The van der Waals surface area contributed by atoms with E-state index in [0.29, 0.717) is 24.0 Å². The van der Waals surface area contributed by atoms with Gasteiger partial charge in [-0.05, 0) is 18.8 Å². The van der Waals surface area contributed by atoms with Gasteiger partial charge in [0.05, 0.1) is 12.4 Å². The molecule has 0 unspecified atom stereocenters. The molecule has 8 nitrogen and oxygen atoms in total. The minimum absolute atomic E-state index is 0.106. The number of likely N-dealkylation sites (tertiary alicyclic amines) is 1. The van der Waals surface area contributed by atoms with E-state index >= 15 is 0 Å². The zero-order chi connectivity index (χ0) is 18.4. The van der Waals surface area contributed by atoms with E-state index in [0.717, 1.165) is 31.5 Å². The van der Waals surface area contributed by atoms with Crippen molar-refractivity contribution in [2.45, 2.75) is 12.8 Å². The Morgan fingerprint density at radius 2 is 1.88 bits per heavy atom. The first-order valence-corrected chi connectivity index (χ1v) is 8.54. The lowest BCUT2D eigenvalue weighted by atomic mass is 9.97. The van der Waals surface area contributed by atoms with Crippen molar-refractivity contribution >= 4 is 12.1 Å². The average Bonchev–Trinajstić information content (AvgIpc) is 2.68. The van der Waals surface area contributed by atoms with Crippen LogP contribution in [-0.4, -0.2) is 46.6 Å². The molecule has 0 bridgehead atoms. The molecule has 1 aliphatic heterocycles. The first-order chi connectivity index (χ1) is 12.6. The van der Waals surface area contributed by atoms with Crippen LogP contribution in [-0.2, 0) is 0 Å². The molecule has 1 amide bonds. The topological polar surface area (TPSA) is 117 Å². The van der Waals surface area contributed by atoms with Crippen LogP contribution in [0.4, 0.5) is 4.79 Å². The van der Waals surface area contributed by atoms with Crippen molar-refractivity contribution in [3.05, 3.63) is 42.7 Å². The van der Waals surface area contributed by atoms with Crippen LogP contribution >= 0.6 is 0 Å². The summed E-state index contributed by atoms with van der Waals surface area (Å²) >= 11 is 0. The predicted octanol–water partition coefficient (Wildman–Crippen LogP) is 1.84. The molecule has 136 valence electrons. The van der Waals surface area contributed by atoms with Gasteiger partial charge in [0.2, 0.25) is 0 Å². The van der Waals surface area contributed by atoms with Gasteiger partial charge < -0.3 is 20.7 Å². The first-order valence-electron chi connectivity index (χ1n) is 8.54. The number of carbonyl (C=O) groups is 1. The number of rotatable bonds is 4. The molecule has 0 spiro atoms. The summed E-state index contributed by atoms with van der Waals surface area (Å²) in [6.07, 6.45) is 4.22. The fraction of sp³-hybridized carbons (Fsp3) is 0.333. The van der Waals surface area contributed by atoms with Gasteiger partial charge in [0.1, 0.15) is 0 Å². The van der Waals surface area contributed by atoms with E-state index < -0.39 is 6.09 Å². The molecule has 0 atom stereocenters. The second-order valence-corrected chi connectivity index (χ2v) is 6.19. The predicted molar refractivity (Wildman–Crippen MR) is 97.7 cm³/mol. The largest absolute Gasteiger partial charge is 0.412 e. The molecule has 1 aliphatic rings. The van der Waals surface area contributed by atoms with Crippen LogP contribution in [0.5, 0.6) is 5.75 Å². The maximum absolute atomic E-state index is 11.9. The van der Waals surface area contributed by atoms with Crippen LogP contribution in [0.15, 0.2) is 42.7 Å². The SMILES string of the molecule is N=C(N)N1CCC(CNC(=O)Oc2cnc(-c3ccccc3)nc2)CC1. The molecule has 4 N–H and O–H groups in total. The summed E-state index contributed by atoms with van der Waals surface area (Å²) in [7, 11) is 0. The number of nitrogens with two attached hydrogens (primary N) is 1. The van der Waals surface area contributed by atoms with Crippen LogP contribution in [0, 0.1) is 11.3 Å². The van der Waals surface area contributed by atoms with Gasteiger partial charge in [-0.2, -0.15) is 0 Å². The van der Waals surface area contributed by atoms with E-state index in [1.165, 1.54) is 12.4 Å². The van der Waals surface area contributed by atoms with Crippen molar-refractivity contribution in [1.29, 1.82) is 5.41 Å². The Bertz CT molecular complexity index is 742. The van der Waals surface area contributed by atoms with Gasteiger partial charge in [0.15, 0.2) is 17.5 Å². The number of aromatic nitrogens is 2. The zero-order valence-electron chi connectivity index (χ0n) is 14.4. The van der Waals surface area contributed by atoms with Crippen LogP contribution < -0.4 is 15.8 Å². The summed E-state index contributed by atoms with van der Waals surface area (Å²) in [4.78, 5) is 22.2. The molecular formula is C18H22N6O2. The number of ether oxygens (including phenoxy) is 1. The lowest BCUT2D eigenvalue weighted by Crippen LogP contribution is -2.44. The maximum Gasteiger partial charge on any atom is 0.412 e. The van der Waals surface area contributed by atoms with E-state index in [4.69, 9.17) is 15.9 Å². The molecule has 26 heavy (non-hydrogen) atoms. The van der Waals surface area contributed by atoms with Gasteiger partial charge in [0, 0.05) is 25.2 Å². The van der Waals surface area contributed by atoms with Crippen LogP contribution in [0.3, 0.4) is 0 Å². The van der Waals surface area contributed by atoms with E-state index in [1.54, 1.807) is 0 Å². The average molecular weight is 354 g/mol. The molecule has 3 rings (SSSR count).